The van der Waals surface area contributed by atoms with Gasteiger partial charge in [-0.3, -0.25) is 4.79 Å². The Morgan fingerprint density at radius 1 is 1.45 bits per heavy atom. The maximum absolute atomic E-state index is 11.8. The molecule has 0 atom stereocenters. The highest BCUT2D eigenvalue weighted by atomic mass is 16.6. The molecule has 2 rings (SSSR count). The number of aromatic nitrogens is 3. The van der Waals surface area contributed by atoms with Crippen LogP contribution in [0.2, 0.25) is 0 Å². The van der Waals surface area contributed by atoms with E-state index in [1.54, 1.807) is 19.1 Å². The largest absolute Gasteiger partial charge is 0.390 e. The second kappa shape index (κ2) is 5.47. The first-order chi connectivity index (χ1) is 9.45. The molecular formula is C12H13N5O3. The van der Waals surface area contributed by atoms with Crippen LogP contribution in [-0.2, 0) is 11.3 Å². The van der Waals surface area contributed by atoms with Crippen molar-refractivity contribution in [1.29, 1.82) is 0 Å². The molecule has 0 saturated carbocycles. The van der Waals surface area contributed by atoms with Crippen molar-refractivity contribution in [3.63, 3.8) is 0 Å². The molecule has 2 aromatic rings. The van der Waals surface area contributed by atoms with E-state index < -0.39 is 4.92 Å². The van der Waals surface area contributed by atoms with Crippen LogP contribution in [0, 0.1) is 24.0 Å². The molecular weight excluding hydrogens is 262 g/mol. The van der Waals surface area contributed by atoms with Gasteiger partial charge in [0.1, 0.15) is 12.4 Å². The molecule has 0 fully saturated rings. The third-order valence-electron chi connectivity index (χ3n) is 2.60. The van der Waals surface area contributed by atoms with E-state index in [2.05, 4.69) is 15.4 Å². The average Bonchev–Trinajstić information content (AvgIpc) is 2.71. The second-order valence-electron chi connectivity index (χ2n) is 4.27. The zero-order chi connectivity index (χ0) is 14.7. The Bertz CT molecular complexity index is 665. The summed E-state index contributed by atoms with van der Waals surface area (Å²) in [5.74, 6) is -0.178. The van der Waals surface area contributed by atoms with Crippen molar-refractivity contribution in [3.8, 4) is 0 Å². The second-order valence-corrected chi connectivity index (χ2v) is 4.27. The van der Waals surface area contributed by atoms with Gasteiger partial charge in [0.2, 0.25) is 5.91 Å². The van der Waals surface area contributed by atoms with E-state index in [9.17, 15) is 14.9 Å². The summed E-state index contributed by atoms with van der Waals surface area (Å²) < 4.78 is 1.28. The zero-order valence-electron chi connectivity index (χ0n) is 11.0. The molecule has 1 N–H and O–H groups in total. The predicted molar refractivity (Wildman–Crippen MR) is 71.2 cm³/mol. The minimum Gasteiger partial charge on any atom is -0.358 e. The topological polar surface area (TPSA) is 103 Å². The number of rotatable bonds is 4. The number of pyridine rings is 1. The normalized spacial score (nSPS) is 10.3. The molecule has 8 heteroatoms. The van der Waals surface area contributed by atoms with Crippen molar-refractivity contribution in [2.75, 3.05) is 5.32 Å². The van der Waals surface area contributed by atoms with Crippen LogP contribution in [0.1, 0.15) is 11.4 Å². The first-order valence-electron chi connectivity index (χ1n) is 5.88. The number of hydrogen-bond donors (Lipinski definition) is 1. The van der Waals surface area contributed by atoms with E-state index in [-0.39, 0.29) is 18.3 Å². The summed E-state index contributed by atoms with van der Waals surface area (Å²) >= 11 is 0. The number of nitrogens with one attached hydrogen (secondary N) is 1. The number of anilines is 1. The van der Waals surface area contributed by atoms with Crippen LogP contribution in [0.25, 0.3) is 0 Å². The maximum Gasteiger partial charge on any atom is 0.390 e. The monoisotopic (exact) mass is 275 g/mol. The Labute approximate surface area is 114 Å². The molecule has 0 aliphatic heterocycles. The standard InChI is InChI=1S/C12H13N5O3/c1-8-4-3-5-10(13-8)14-12(18)7-16-9(2)6-11(15-16)17(19)20/h3-6H,7H2,1-2H3,(H,13,14,18). The maximum atomic E-state index is 11.8. The molecule has 0 aliphatic carbocycles. The van der Waals surface area contributed by atoms with Gasteiger partial charge >= 0.3 is 5.82 Å². The highest BCUT2D eigenvalue weighted by molar-refractivity contribution is 5.89. The van der Waals surface area contributed by atoms with Crippen LogP contribution in [0.5, 0.6) is 0 Å². The lowest BCUT2D eigenvalue weighted by atomic mass is 10.3. The van der Waals surface area contributed by atoms with Crippen molar-refractivity contribution in [1.82, 2.24) is 14.8 Å². The van der Waals surface area contributed by atoms with E-state index >= 15 is 0 Å². The summed E-state index contributed by atoms with van der Waals surface area (Å²) in [6.45, 7) is 3.37. The molecule has 104 valence electrons. The number of nitro groups is 1. The van der Waals surface area contributed by atoms with Crippen LogP contribution in [0.15, 0.2) is 24.3 Å². The number of carbonyl (C=O) groups excluding carboxylic acids is 1. The predicted octanol–water partition coefficient (Wildman–Crippen LogP) is 1.44. The quantitative estimate of drug-likeness (QED) is 0.671. The molecule has 20 heavy (non-hydrogen) atoms. The van der Waals surface area contributed by atoms with Crippen molar-refractivity contribution in [3.05, 3.63) is 45.8 Å². The first kappa shape index (κ1) is 13.7. The van der Waals surface area contributed by atoms with Gasteiger partial charge in [0.05, 0.1) is 16.9 Å². The Morgan fingerprint density at radius 3 is 2.80 bits per heavy atom. The van der Waals surface area contributed by atoms with Gasteiger partial charge in [-0.1, -0.05) is 6.07 Å². The lowest BCUT2D eigenvalue weighted by Crippen LogP contribution is -2.21. The van der Waals surface area contributed by atoms with Gasteiger partial charge in [0.15, 0.2) is 0 Å². The van der Waals surface area contributed by atoms with E-state index in [0.717, 1.165) is 5.69 Å². The number of nitrogens with zero attached hydrogens (tertiary/aromatic N) is 4. The van der Waals surface area contributed by atoms with Crippen molar-refractivity contribution < 1.29 is 9.72 Å². The van der Waals surface area contributed by atoms with Gasteiger partial charge in [0, 0.05) is 5.69 Å². The van der Waals surface area contributed by atoms with Crippen molar-refractivity contribution >= 4 is 17.5 Å². The van der Waals surface area contributed by atoms with Crippen LogP contribution in [0.4, 0.5) is 11.6 Å². The molecule has 8 nitrogen and oxygen atoms in total. The Hall–Kier alpha value is -2.77. The highest BCUT2D eigenvalue weighted by Crippen LogP contribution is 2.11. The van der Waals surface area contributed by atoms with Crippen LogP contribution in [-0.4, -0.2) is 25.6 Å². The van der Waals surface area contributed by atoms with Crippen LogP contribution in [0.3, 0.4) is 0 Å². The molecule has 0 spiro atoms. The third kappa shape index (κ3) is 3.16. The smallest absolute Gasteiger partial charge is 0.358 e. The third-order valence-corrected chi connectivity index (χ3v) is 2.60. The fourth-order valence-corrected chi connectivity index (χ4v) is 1.67. The molecule has 0 unspecified atom stereocenters. The SMILES string of the molecule is Cc1cccc(NC(=O)Cn2nc([N+](=O)[O-])cc2C)n1. The Morgan fingerprint density at radius 2 is 2.20 bits per heavy atom. The molecule has 0 bridgehead atoms. The summed E-state index contributed by atoms with van der Waals surface area (Å²) in [5.41, 5.74) is 1.33. The molecule has 0 aliphatic rings. The fraction of sp³-hybridized carbons (Fsp3) is 0.250. The molecule has 0 radical (unpaired) electrons. The number of carbonyl (C=O) groups is 1. The van der Waals surface area contributed by atoms with Gasteiger partial charge in [-0.05, 0) is 30.9 Å². The minimum absolute atomic E-state index is 0.102. The molecule has 1 amide bonds. The summed E-state index contributed by atoms with van der Waals surface area (Å²) in [7, 11) is 0. The Balaban J connectivity index is 2.06. The minimum atomic E-state index is -0.594. The van der Waals surface area contributed by atoms with Gasteiger partial charge in [-0.15, -0.1) is 0 Å². The van der Waals surface area contributed by atoms with Crippen LogP contribution >= 0.6 is 0 Å². The van der Waals surface area contributed by atoms with Crippen molar-refractivity contribution in [2.45, 2.75) is 20.4 Å². The molecule has 0 aromatic carbocycles. The number of hydrogen-bond acceptors (Lipinski definition) is 5. The van der Waals surface area contributed by atoms with Gasteiger partial charge in [-0.2, -0.15) is 4.68 Å². The molecule has 0 saturated heterocycles. The van der Waals surface area contributed by atoms with Gasteiger partial charge < -0.3 is 15.4 Å². The number of aryl methyl sites for hydroxylation is 2. The summed E-state index contributed by atoms with van der Waals surface area (Å²) in [6.07, 6.45) is 0. The lowest BCUT2D eigenvalue weighted by Gasteiger charge is -2.04. The van der Waals surface area contributed by atoms with Gasteiger partial charge in [0.25, 0.3) is 0 Å². The van der Waals surface area contributed by atoms with E-state index in [1.165, 1.54) is 10.7 Å². The summed E-state index contributed by atoms with van der Waals surface area (Å²) in [6, 6.07) is 6.58. The first-order valence-corrected chi connectivity index (χ1v) is 5.88. The average molecular weight is 275 g/mol. The van der Waals surface area contributed by atoms with E-state index in [1.807, 2.05) is 13.0 Å². The zero-order valence-corrected chi connectivity index (χ0v) is 11.0. The Kier molecular flexibility index (Phi) is 3.74. The van der Waals surface area contributed by atoms with Crippen molar-refractivity contribution in [2.24, 2.45) is 0 Å². The fourth-order valence-electron chi connectivity index (χ4n) is 1.67. The highest BCUT2D eigenvalue weighted by Gasteiger charge is 2.17. The molecule has 2 aromatic heterocycles. The number of amides is 1. The van der Waals surface area contributed by atoms with Crippen LogP contribution < -0.4 is 5.32 Å². The van der Waals surface area contributed by atoms with E-state index in [0.29, 0.717) is 11.5 Å². The lowest BCUT2D eigenvalue weighted by molar-refractivity contribution is -0.389. The molecule has 2 heterocycles. The van der Waals surface area contributed by atoms with Gasteiger partial charge in [-0.25, -0.2) is 4.98 Å². The summed E-state index contributed by atoms with van der Waals surface area (Å²) in [4.78, 5) is 26.0. The summed E-state index contributed by atoms with van der Waals surface area (Å²) in [5, 5.41) is 17.0. The van der Waals surface area contributed by atoms with E-state index in [4.69, 9.17) is 0 Å².